The van der Waals surface area contributed by atoms with Crippen molar-refractivity contribution in [1.82, 2.24) is 15.3 Å². The Morgan fingerprint density at radius 1 is 1.03 bits per heavy atom. The molecule has 192 valence electrons. The number of amides is 1. The first-order valence-corrected chi connectivity index (χ1v) is 14.3. The van der Waals surface area contributed by atoms with Gasteiger partial charge in [-0.25, -0.2) is 13.4 Å². The van der Waals surface area contributed by atoms with E-state index in [1.54, 1.807) is 18.3 Å². The van der Waals surface area contributed by atoms with E-state index in [1.807, 2.05) is 24.3 Å². The Bertz CT molecular complexity index is 1790. The van der Waals surface area contributed by atoms with Gasteiger partial charge in [-0.2, -0.15) is 0 Å². The van der Waals surface area contributed by atoms with Crippen molar-refractivity contribution >= 4 is 43.3 Å². The van der Waals surface area contributed by atoms with Gasteiger partial charge in [0.15, 0.2) is 9.84 Å². The molecule has 6 rings (SSSR count). The summed E-state index contributed by atoms with van der Waals surface area (Å²) in [5.74, 6) is 0.682. The molecule has 2 aromatic carbocycles. The molecular formula is C29H26N4O4S. The number of furan rings is 1. The minimum absolute atomic E-state index is 0.0645. The largest absolute Gasteiger partial charge is 0.463 e. The number of nitrogens with zero attached hydrogens (tertiary/aromatic N) is 3. The zero-order chi connectivity index (χ0) is 26.3. The monoisotopic (exact) mass is 526 g/mol. The number of aromatic nitrogens is 2. The Kier molecular flexibility index (Phi) is 6.07. The van der Waals surface area contributed by atoms with Crippen molar-refractivity contribution in [2.45, 2.75) is 24.3 Å². The summed E-state index contributed by atoms with van der Waals surface area (Å²) < 4.78 is 29.4. The number of sulfone groups is 1. The Hall–Kier alpha value is -4.24. The number of carbonyl (C=O) groups is 1. The zero-order valence-corrected chi connectivity index (χ0v) is 21.7. The lowest BCUT2D eigenvalue weighted by atomic mass is 10.1. The topological polar surface area (TPSA) is 105 Å². The summed E-state index contributed by atoms with van der Waals surface area (Å²) in [5.41, 5.74) is 3.41. The lowest BCUT2D eigenvalue weighted by molar-refractivity contribution is 0.0950. The van der Waals surface area contributed by atoms with Gasteiger partial charge < -0.3 is 14.6 Å². The molecule has 38 heavy (non-hydrogen) atoms. The average Bonchev–Trinajstić information content (AvgIpc) is 3.61. The SMILES string of the molecule is CS(=O)(=O)c1coc2ccc(C(=O)NCc3cc4cc(-c5cccc(N6CCCC6)n5)ccc4cn3)cc12. The van der Waals surface area contributed by atoms with Gasteiger partial charge in [-0.3, -0.25) is 9.78 Å². The first kappa shape index (κ1) is 24.1. The highest BCUT2D eigenvalue weighted by Gasteiger charge is 2.18. The molecule has 1 aliphatic rings. The van der Waals surface area contributed by atoms with Crippen molar-refractivity contribution in [3.63, 3.8) is 0 Å². The molecule has 0 saturated carbocycles. The van der Waals surface area contributed by atoms with Crippen molar-refractivity contribution in [2.24, 2.45) is 0 Å². The van der Waals surface area contributed by atoms with Crippen LogP contribution < -0.4 is 10.2 Å². The fourth-order valence-electron chi connectivity index (χ4n) is 4.86. The molecule has 0 radical (unpaired) electrons. The number of benzene rings is 2. The lowest BCUT2D eigenvalue weighted by Crippen LogP contribution is -2.23. The molecule has 0 bridgehead atoms. The fraction of sp³-hybridized carbons (Fsp3) is 0.207. The Labute approximate surface area is 220 Å². The van der Waals surface area contributed by atoms with Crippen LogP contribution in [0.25, 0.3) is 33.0 Å². The van der Waals surface area contributed by atoms with Crippen LogP contribution in [0.5, 0.6) is 0 Å². The third-order valence-corrected chi connectivity index (χ3v) is 7.98. The number of nitrogens with one attached hydrogen (secondary N) is 1. The smallest absolute Gasteiger partial charge is 0.251 e. The number of rotatable bonds is 6. The van der Waals surface area contributed by atoms with Crippen LogP contribution in [-0.4, -0.2) is 43.6 Å². The molecule has 1 aliphatic heterocycles. The number of pyridine rings is 2. The van der Waals surface area contributed by atoms with Crippen molar-refractivity contribution < 1.29 is 17.6 Å². The molecule has 0 aliphatic carbocycles. The van der Waals surface area contributed by atoms with E-state index in [2.05, 4.69) is 33.4 Å². The van der Waals surface area contributed by atoms with Crippen LogP contribution in [0.1, 0.15) is 28.9 Å². The maximum absolute atomic E-state index is 12.9. The highest BCUT2D eigenvalue weighted by molar-refractivity contribution is 7.91. The van der Waals surface area contributed by atoms with Gasteiger partial charge in [0, 0.05) is 47.4 Å². The molecule has 1 fully saturated rings. The zero-order valence-electron chi connectivity index (χ0n) is 20.8. The van der Waals surface area contributed by atoms with Crippen molar-refractivity contribution in [3.8, 4) is 11.3 Å². The number of hydrogen-bond acceptors (Lipinski definition) is 7. The molecule has 9 heteroatoms. The summed E-state index contributed by atoms with van der Waals surface area (Å²) >= 11 is 0. The van der Waals surface area contributed by atoms with Crippen LogP contribution in [-0.2, 0) is 16.4 Å². The van der Waals surface area contributed by atoms with Crippen LogP contribution in [0.2, 0.25) is 0 Å². The Balaban J connectivity index is 1.21. The van der Waals surface area contributed by atoms with E-state index in [4.69, 9.17) is 9.40 Å². The van der Waals surface area contributed by atoms with E-state index >= 15 is 0 Å². The van der Waals surface area contributed by atoms with Gasteiger partial charge in [-0.1, -0.05) is 18.2 Å². The molecule has 3 aromatic heterocycles. The van der Waals surface area contributed by atoms with Crippen LogP contribution in [0.4, 0.5) is 5.82 Å². The van der Waals surface area contributed by atoms with Gasteiger partial charge >= 0.3 is 0 Å². The van der Waals surface area contributed by atoms with E-state index < -0.39 is 9.84 Å². The predicted octanol–water partition coefficient (Wildman–Crippen LogP) is 4.98. The van der Waals surface area contributed by atoms with Crippen LogP contribution >= 0.6 is 0 Å². The normalized spacial score (nSPS) is 13.9. The summed E-state index contributed by atoms with van der Waals surface area (Å²) in [4.78, 5) is 24.6. The molecule has 0 atom stereocenters. The van der Waals surface area contributed by atoms with Crippen LogP contribution in [0.3, 0.4) is 0 Å². The second-order valence-corrected chi connectivity index (χ2v) is 11.6. The first-order chi connectivity index (χ1) is 18.3. The minimum atomic E-state index is -3.48. The number of fused-ring (bicyclic) bond motifs is 2. The highest BCUT2D eigenvalue weighted by Crippen LogP contribution is 2.28. The molecule has 4 heterocycles. The standard InChI is InChI=1S/C29H26N4O4S/c1-38(35,36)27-18-37-26-10-9-20(15-24(26)27)29(34)31-17-23-14-22-13-19(7-8-21(22)16-30-23)25-5-4-6-28(32-25)33-11-2-3-12-33/h4-10,13-16,18H,2-3,11-12,17H2,1H3,(H,31,34). The van der Waals surface area contributed by atoms with Crippen LogP contribution in [0.15, 0.2) is 82.4 Å². The maximum atomic E-state index is 12.9. The van der Waals surface area contributed by atoms with E-state index in [1.165, 1.54) is 25.2 Å². The summed E-state index contributed by atoms with van der Waals surface area (Å²) in [7, 11) is -3.48. The molecule has 0 spiro atoms. The van der Waals surface area contributed by atoms with Gasteiger partial charge in [0.1, 0.15) is 22.6 Å². The Morgan fingerprint density at radius 2 is 1.87 bits per heavy atom. The van der Waals surface area contributed by atoms with Gasteiger partial charge in [-0.05, 0) is 60.7 Å². The van der Waals surface area contributed by atoms with E-state index in [-0.39, 0.29) is 17.3 Å². The highest BCUT2D eigenvalue weighted by atomic mass is 32.2. The van der Waals surface area contributed by atoms with Gasteiger partial charge in [0.05, 0.1) is 17.9 Å². The number of hydrogen-bond donors (Lipinski definition) is 1. The molecule has 1 N–H and O–H groups in total. The quantitative estimate of drug-likeness (QED) is 0.333. The van der Waals surface area contributed by atoms with E-state index in [0.717, 1.165) is 47.2 Å². The molecule has 0 unspecified atom stereocenters. The third kappa shape index (κ3) is 4.72. The third-order valence-electron chi connectivity index (χ3n) is 6.87. The van der Waals surface area contributed by atoms with Gasteiger partial charge in [-0.15, -0.1) is 0 Å². The van der Waals surface area contributed by atoms with Crippen molar-refractivity contribution in [2.75, 3.05) is 24.2 Å². The lowest BCUT2D eigenvalue weighted by Gasteiger charge is -2.17. The summed E-state index contributed by atoms with van der Waals surface area (Å²) in [6.07, 6.45) is 6.51. The van der Waals surface area contributed by atoms with Crippen LogP contribution in [0, 0.1) is 0 Å². The van der Waals surface area contributed by atoms with Crippen molar-refractivity contribution in [1.29, 1.82) is 0 Å². The van der Waals surface area contributed by atoms with Gasteiger partial charge in [0.2, 0.25) is 0 Å². The minimum Gasteiger partial charge on any atom is -0.463 e. The fourth-order valence-corrected chi connectivity index (χ4v) is 5.64. The second kappa shape index (κ2) is 9.57. The second-order valence-electron chi connectivity index (χ2n) is 9.58. The molecule has 1 amide bonds. The molecule has 8 nitrogen and oxygen atoms in total. The summed E-state index contributed by atoms with van der Waals surface area (Å²) in [5, 5.41) is 5.27. The van der Waals surface area contributed by atoms with Crippen molar-refractivity contribution in [3.05, 3.63) is 84.4 Å². The maximum Gasteiger partial charge on any atom is 0.251 e. The molecule has 1 saturated heterocycles. The average molecular weight is 527 g/mol. The molecule has 5 aromatic rings. The Morgan fingerprint density at radius 3 is 2.68 bits per heavy atom. The molecular weight excluding hydrogens is 500 g/mol. The first-order valence-electron chi connectivity index (χ1n) is 12.5. The van der Waals surface area contributed by atoms with Gasteiger partial charge in [0.25, 0.3) is 5.91 Å². The van der Waals surface area contributed by atoms with E-state index in [9.17, 15) is 13.2 Å². The number of anilines is 1. The predicted molar refractivity (Wildman–Crippen MR) is 147 cm³/mol. The summed E-state index contributed by atoms with van der Waals surface area (Å²) in [6.45, 7) is 2.32. The number of carbonyl (C=O) groups excluding carboxylic acids is 1. The van der Waals surface area contributed by atoms with E-state index in [0.29, 0.717) is 22.2 Å². The summed E-state index contributed by atoms with van der Waals surface area (Å²) in [6, 6.07) is 19.0.